The van der Waals surface area contributed by atoms with E-state index in [0.717, 1.165) is 42.5 Å². The van der Waals surface area contributed by atoms with Gasteiger partial charge in [0, 0.05) is 18.4 Å². The smallest absolute Gasteiger partial charge is 0.227 e. The van der Waals surface area contributed by atoms with E-state index in [9.17, 15) is 4.79 Å². The van der Waals surface area contributed by atoms with Gasteiger partial charge in [0.25, 0.3) is 0 Å². The Morgan fingerprint density at radius 1 is 1.23 bits per heavy atom. The molecular formula is C19H22N2O. The van der Waals surface area contributed by atoms with Gasteiger partial charge in [-0.05, 0) is 48.4 Å². The summed E-state index contributed by atoms with van der Waals surface area (Å²) in [6, 6.07) is 12.4. The second kappa shape index (κ2) is 6.73. The van der Waals surface area contributed by atoms with Gasteiger partial charge in [0.2, 0.25) is 5.91 Å². The zero-order valence-electron chi connectivity index (χ0n) is 13.0. The molecule has 1 N–H and O–H groups in total. The molecule has 0 spiro atoms. The van der Waals surface area contributed by atoms with Crippen molar-refractivity contribution >= 4 is 5.91 Å². The standard InChI is InChI=1S/C19H22N2O/c1-2-14-8-10-15(11-9-14)13-21-19(22)17-5-3-7-18-16(17)6-4-12-20-18/h4,6,8-12,17H,2-3,5,7,13H2,1H3,(H,21,22). The van der Waals surface area contributed by atoms with Crippen molar-refractivity contribution in [2.75, 3.05) is 0 Å². The Labute approximate surface area is 131 Å². The Morgan fingerprint density at radius 3 is 2.77 bits per heavy atom. The zero-order chi connectivity index (χ0) is 15.4. The number of benzene rings is 1. The van der Waals surface area contributed by atoms with Crippen LogP contribution >= 0.6 is 0 Å². The number of pyridine rings is 1. The van der Waals surface area contributed by atoms with Gasteiger partial charge in [0.15, 0.2) is 0 Å². The first kappa shape index (κ1) is 14.8. The molecule has 1 amide bonds. The van der Waals surface area contributed by atoms with Gasteiger partial charge in [-0.25, -0.2) is 0 Å². The summed E-state index contributed by atoms with van der Waals surface area (Å²) in [6.07, 6.45) is 5.79. The maximum Gasteiger partial charge on any atom is 0.227 e. The average Bonchev–Trinajstić information content (AvgIpc) is 2.59. The quantitative estimate of drug-likeness (QED) is 0.939. The number of nitrogens with zero attached hydrogens (tertiary/aromatic N) is 1. The molecule has 1 aromatic carbocycles. The third-order valence-electron chi connectivity index (χ3n) is 4.42. The van der Waals surface area contributed by atoms with E-state index in [1.165, 1.54) is 5.56 Å². The molecule has 0 saturated heterocycles. The first-order valence-corrected chi connectivity index (χ1v) is 8.07. The number of rotatable bonds is 4. The summed E-state index contributed by atoms with van der Waals surface area (Å²) in [5, 5.41) is 3.08. The molecule has 1 aliphatic rings. The molecule has 3 heteroatoms. The maximum atomic E-state index is 12.5. The Kier molecular flexibility index (Phi) is 4.52. The van der Waals surface area contributed by atoms with Crippen LogP contribution in [-0.4, -0.2) is 10.9 Å². The van der Waals surface area contributed by atoms with Crippen molar-refractivity contribution < 1.29 is 4.79 Å². The van der Waals surface area contributed by atoms with E-state index in [1.807, 2.05) is 18.3 Å². The van der Waals surface area contributed by atoms with E-state index in [2.05, 4.69) is 41.5 Å². The molecular weight excluding hydrogens is 272 g/mol. The van der Waals surface area contributed by atoms with Crippen LogP contribution in [0.15, 0.2) is 42.6 Å². The minimum absolute atomic E-state index is 0.0487. The van der Waals surface area contributed by atoms with E-state index >= 15 is 0 Å². The van der Waals surface area contributed by atoms with Crippen LogP contribution in [0, 0.1) is 0 Å². The highest BCUT2D eigenvalue weighted by Crippen LogP contribution is 2.30. The van der Waals surface area contributed by atoms with E-state index in [4.69, 9.17) is 0 Å². The third-order valence-corrected chi connectivity index (χ3v) is 4.42. The zero-order valence-corrected chi connectivity index (χ0v) is 13.0. The molecule has 0 fully saturated rings. The van der Waals surface area contributed by atoms with E-state index < -0.39 is 0 Å². The fourth-order valence-electron chi connectivity index (χ4n) is 3.08. The summed E-state index contributed by atoms with van der Waals surface area (Å²) in [7, 11) is 0. The maximum absolute atomic E-state index is 12.5. The van der Waals surface area contributed by atoms with E-state index in [0.29, 0.717) is 6.54 Å². The van der Waals surface area contributed by atoms with Gasteiger partial charge < -0.3 is 5.32 Å². The molecule has 1 atom stereocenters. The van der Waals surface area contributed by atoms with Crippen LogP contribution in [0.2, 0.25) is 0 Å². The van der Waals surface area contributed by atoms with E-state index in [-0.39, 0.29) is 11.8 Å². The normalized spacial score (nSPS) is 16.9. The molecule has 1 heterocycles. The second-order valence-electron chi connectivity index (χ2n) is 5.87. The highest BCUT2D eigenvalue weighted by atomic mass is 16.1. The Balaban J connectivity index is 1.65. The molecule has 0 saturated carbocycles. The lowest BCUT2D eigenvalue weighted by Gasteiger charge is -2.23. The van der Waals surface area contributed by atoms with Crippen LogP contribution in [0.25, 0.3) is 0 Å². The summed E-state index contributed by atoms with van der Waals surface area (Å²) in [4.78, 5) is 16.9. The molecule has 22 heavy (non-hydrogen) atoms. The van der Waals surface area contributed by atoms with Crippen LogP contribution in [0.5, 0.6) is 0 Å². The third kappa shape index (κ3) is 3.19. The van der Waals surface area contributed by atoms with Crippen molar-refractivity contribution in [3.8, 4) is 0 Å². The molecule has 3 rings (SSSR count). The Hall–Kier alpha value is -2.16. The van der Waals surface area contributed by atoms with Crippen molar-refractivity contribution in [1.82, 2.24) is 10.3 Å². The largest absolute Gasteiger partial charge is 0.351 e. The number of carbonyl (C=O) groups is 1. The monoisotopic (exact) mass is 294 g/mol. The Morgan fingerprint density at radius 2 is 2.00 bits per heavy atom. The SMILES string of the molecule is CCc1ccc(CNC(=O)C2CCCc3ncccc32)cc1. The number of nitrogens with one attached hydrogen (secondary N) is 1. The van der Waals surface area contributed by atoms with Crippen molar-refractivity contribution in [3.05, 3.63) is 65.0 Å². The minimum atomic E-state index is -0.0487. The van der Waals surface area contributed by atoms with Crippen LogP contribution < -0.4 is 5.32 Å². The first-order chi connectivity index (χ1) is 10.8. The van der Waals surface area contributed by atoms with Crippen molar-refractivity contribution in [2.24, 2.45) is 0 Å². The number of aromatic nitrogens is 1. The molecule has 114 valence electrons. The van der Waals surface area contributed by atoms with Gasteiger partial charge in [-0.2, -0.15) is 0 Å². The lowest BCUT2D eigenvalue weighted by Crippen LogP contribution is -2.31. The number of fused-ring (bicyclic) bond motifs is 1. The summed E-state index contributed by atoms with van der Waals surface area (Å²) in [5.74, 6) is 0.0703. The summed E-state index contributed by atoms with van der Waals surface area (Å²) in [5.41, 5.74) is 4.66. The molecule has 2 aromatic rings. The van der Waals surface area contributed by atoms with Gasteiger partial charge in [-0.15, -0.1) is 0 Å². The van der Waals surface area contributed by atoms with Crippen LogP contribution in [0.3, 0.4) is 0 Å². The van der Waals surface area contributed by atoms with Gasteiger partial charge in [0.05, 0.1) is 5.92 Å². The molecule has 0 aliphatic heterocycles. The first-order valence-electron chi connectivity index (χ1n) is 8.07. The van der Waals surface area contributed by atoms with Crippen LogP contribution in [0.1, 0.15) is 48.1 Å². The summed E-state index contributed by atoms with van der Waals surface area (Å²) in [6.45, 7) is 2.74. The average molecular weight is 294 g/mol. The van der Waals surface area contributed by atoms with Crippen molar-refractivity contribution in [3.63, 3.8) is 0 Å². The predicted octanol–water partition coefficient (Wildman–Crippen LogP) is 3.38. The van der Waals surface area contributed by atoms with Gasteiger partial charge >= 0.3 is 0 Å². The predicted molar refractivity (Wildman–Crippen MR) is 87.6 cm³/mol. The molecule has 0 bridgehead atoms. The van der Waals surface area contributed by atoms with Gasteiger partial charge in [0.1, 0.15) is 0 Å². The topological polar surface area (TPSA) is 42.0 Å². The number of carbonyl (C=O) groups excluding carboxylic acids is 1. The fourth-order valence-corrected chi connectivity index (χ4v) is 3.08. The lowest BCUT2D eigenvalue weighted by atomic mass is 9.85. The molecule has 3 nitrogen and oxygen atoms in total. The van der Waals surface area contributed by atoms with Crippen molar-refractivity contribution in [2.45, 2.75) is 45.1 Å². The van der Waals surface area contributed by atoms with Crippen LogP contribution in [-0.2, 0) is 24.2 Å². The van der Waals surface area contributed by atoms with E-state index in [1.54, 1.807) is 0 Å². The minimum Gasteiger partial charge on any atom is -0.351 e. The van der Waals surface area contributed by atoms with Gasteiger partial charge in [-0.1, -0.05) is 37.3 Å². The van der Waals surface area contributed by atoms with Gasteiger partial charge in [-0.3, -0.25) is 9.78 Å². The number of amides is 1. The lowest BCUT2D eigenvalue weighted by molar-refractivity contribution is -0.123. The van der Waals surface area contributed by atoms with Crippen molar-refractivity contribution in [1.29, 1.82) is 0 Å². The fraction of sp³-hybridized carbons (Fsp3) is 0.368. The second-order valence-corrected chi connectivity index (χ2v) is 5.87. The number of hydrogen-bond donors (Lipinski definition) is 1. The molecule has 1 aliphatic carbocycles. The molecule has 0 radical (unpaired) electrons. The number of aryl methyl sites for hydroxylation is 2. The highest BCUT2D eigenvalue weighted by Gasteiger charge is 2.26. The summed E-state index contributed by atoms with van der Waals surface area (Å²) < 4.78 is 0. The summed E-state index contributed by atoms with van der Waals surface area (Å²) >= 11 is 0. The molecule has 1 unspecified atom stereocenters. The highest BCUT2D eigenvalue weighted by molar-refractivity contribution is 5.84. The van der Waals surface area contributed by atoms with Crippen LogP contribution in [0.4, 0.5) is 0 Å². The number of hydrogen-bond acceptors (Lipinski definition) is 2. The Bertz CT molecular complexity index is 649. The molecule has 1 aromatic heterocycles.